The summed E-state index contributed by atoms with van der Waals surface area (Å²) in [5, 5.41) is 3.17. The van der Waals surface area contributed by atoms with Crippen molar-refractivity contribution < 1.29 is 4.79 Å². The Kier molecular flexibility index (Phi) is 3.64. The monoisotopic (exact) mass is 196 g/mol. The maximum Gasteiger partial charge on any atom is 0.218 e. The van der Waals surface area contributed by atoms with E-state index < -0.39 is 0 Å². The molecule has 0 aliphatic rings. The summed E-state index contributed by atoms with van der Waals surface area (Å²) in [5.74, 6) is -0.288. The third kappa shape index (κ3) is 3.18. The molecule has 4 N–H and O–H groups in total. The number of aryl methyl sites for hydroxylation is 1. The number of imidazole rings is 1. The summed E-state index contributed by atoms with van der Waals surface area (Å²) < 4.78 is 0. The van der Waals surface area contributed by atoms with Crippen LogP contribution >= 0.6 is 0 Å². The average molecular weight is 196 g/mol. The Morgan fingerprint density at radius 2 is 2.50 bits per heavy atom. The largest absolute Gasteiger partial charge is 0.370 e. The van der Waals surface area contributed by atoms with E-state index in [0.29, 0.717) is 13.0 Å². The highest BCUT2D eigenvalue weighted by molar-refractivity contribution is 5.74. The SMILES string of the molecule is Cc1[nH]cnc1CNC(C)CC(N)=O. The number of carbonyl (C=O) groups excluding carboxylic acids is 1. The Labute approximate surface area is 83.1 Å². The lowest BCUT2D eigenvalue weighted by molar-refractivity contribution is -0.118. The number of rotatable bonds is 5. The van der Waals surface area contributed by atoms with Gasteiger partial charge in [-0.1, -0.05) is 0 Å². The van der Waals surface area contributed by atoms with Gasteiger partial charge in [0.1, 0.15) is 0 Å². The van der Waals surface area contributed by atoms with E-state index in [9.17, 15) is 4.79 Å². The Balaban J connectivity index is 2.34. The molecule has 0 aliphatic carbocycles. The maximum absolute atomic E-state index is 10.6. The molecule has 1 aromatic rings. The van der Waals surface area contributed by atoms with Crippen LogP contribution in [0.15, 0.2) is 6.33 Å². The van der Waals surface area contributed by atoms with Gasteiger partial charge < -0.3 is 16.0 Å². The molecule has 5 nitrogen and oxygen atoms in total. The van der Waals surface area contributed by atoms with Gasteiger partial charge >= 0.3 is 0 Å². The zero-order valence-electron chi connectivity index (χ0n) is 8.50. The molecule has 1 amide bonds. The molecule has 1 unspecified atom stereocenters. The number of amides is 1. The minimum absolute atomic E-state index is 0.0867. The highest BCUT2D eigenvalue weighted by atomic mass is 16.1. The van der Waals surface area contributed by atoms with Gasteiger partial charge in [0.05, 0.1) is 12.0 Å². The normalized spacial score (nSPS) is 12.7. The number of hydrogen-bond acceptors (Lipinski definition) is 3. The van der Waals surface area contributed by atoms with Gasteiger partial charge in [-0.05, 0) is 13.8 Å². The first-order valence-electron chi connectivity index (χ1n) is 4.60. The highest BCUT2D eigenvalue weighted by Crippen LogP contribution is 2.00. The van der Waals surface area contributed by atoms with Crippen molar-refractivity contribution in [1.82, 2.24) is 15.3 Å². The van der Waals surface area contributed by atoms with Crippen molar-refractivity contribution in [2.45, 2.75) is 32.9 Å². The molecule has 1 rings (SSSR count). The minimum atomic E-state index is -0.288. The Hall–Kier alpha value is -1.36. The van der Waals surface area contributed by atoms with Crippen LogP contribution in [0.4, 0.5) is 0 Å². The van der Waals surface area contributed by atoms with Crippen LogP contribution < -0.4 is 11.1 Å². The number of nitrogens with two attached hydrogens (primary N) is 1. The minimum Gasteiger partial charge on any atom is -0.370 e. The summed E-state index contributed by atoms with van der Waals surface area (Å²) in [4.78, 5) is 17.7. The smallest absolute Gasteiger partial charge is 0.218 e. The van der Waals surface area contributed by atoms with Gasteiger partial charge in [-0.2, -0.15) is 0 Å². The molecule has 0 aliphatic heterocycles. The lowest BCUT2D eigenvalue weighted by Gasteiger charge is -2.10. The van der Waals surface area contributed by atoms with Crippen molar-refractivity contribution in [1.29, 1.82) is 0 Å². The molecular weight excluding hydrogens is 180 g/mol. The molecule has 0 saturated heterocycles. The molecule has 1 atom stereocenters. The van der Waals surface area contributed by atoms with E-state index in [-0.39, 0.29) is 11.9 Å². The van der Waals surface area contributed by atoms with Crippen molar-refractivity contribution in [3.8, 4) is 0 Å². The Morgan fingerprint density at radius 1 is 1.79 bits per heavy atom. The van der Waals surface area contributed by atoms with E-state index in [1.165, 1.54) is 0 Å². The second-order valence-corrected chi connectivity index (χ2v) is 3.43. The number of hydrogen-bond donors (Lipinski definition) is 3. The van der Waals surface area contributed by atoms with Crippen molar-refractivity contribution in [3.05, 3.63) is 17.7 Å². The van der Waals surface area contributed by atoms with Gasteiger partial charge in [-0.15, -0.1) is 0 Å². The molecule has 0 spiro atoms. The molecule has 0 aromatic carbocycles. The summed E-state index contributed by atoms with van der Waals surface area (Å²) >= 11 is 0. The number of nitrogens with one attached hydrogen (secondary N) is 2. The third-order valence-electron chi connectivity index (χ3n) is 2.06. The van der Waals surface area contributed by atoms with Crippen LogP contribution in [0.3, 0.4) is 0 Å². The van der Waals surface area contributed by atoms with E-state index in [4.69, 9.17) is 5.73 Å². The van der Waals surface area contributed by atoms with Crippen LogP contribution in [0.25, 0.3) is 0 Å². The molecule has 78 valence electrons. The summed E-state index contributed by atoms with van der Waals surface area (Å²) in [7, 11) is 0. The van der Waals surface area contributed by atoms with E-state index >= 15 is 0 Å². The fraction of sp³-hybridized carbons (Fsp3) is 0.556. The van der Waals surface area contributed by atoms with E-state index in [1.54, 1.807) is 6.33 Å². The molecule has 0 bridgehead atoms. The standard InChI is InChI=1S/C9H16N4O/c1-6(3-9(10)14)11-4-8-7(2)12-5-13-8/h5-6,11H,3-4H2,1-2H3,(H2,10,14)(H,12,13). The van der Waals surface area contributed by atoms with Crippen LogP contribution in [-0.2, 0) is 11.3 Å². The molecule has 1 aromatic heterocycles. The summed E-state index contributed by atoms with van der Waals surface area (Å²) in [6.45, 7) is 4.54. The first-order valence-corrected chi connectivity index (χ1v) is 4.60. The highest BCUT2D eigenvalue weighted by Gasteiger charge is 2.06. The van der Waals surface area contributed by atoms with Gasteiger partial charge in [0.2, 0.25) is 5.91 Å². The van der Waals surface area contributed by atoms with Crippen LogP contribution in [0, 0.1) is 6.92 Å². The number of aromatic nitrogens is 2. The van der Waals surface area contributed by atoms with Crippen LogP contribution in [0.2, 0.25) is 0 Å². The fourth-order valence-electron chi connectivity index (χ4n) is 1.21. The summed E-state index contributed by atoms with van der Waals surface area (Å²) in [6.07, 6.45) is 2.01. The molecule has 1 heterocycles. The number of carbonyl (C=O) groups is 1. The predicted octanol–water partition coefficient (Wildman–Crippen LogP) is 0.0716. The predicted molar refractivity (Wildman–Crippen MR) is 53.4 cm³/mol. The lowest BCUT2D eigenvalue weighted by atomic mass is 10.2. The topological polar surface area (TPSA) is 83.8 Å². The second kappa shape index (κ2) is 4.76. The van der Waals surface area contributed by atoms with Gasteiger partial charge in [0, 0.05) is 24.7 Å². The van der Waals surface area contributed by atoms with Crippen LogP contribution in [-0.4, -0.2) is 21.9 Å². The molecule has 5 heteroatoms. The number of primary amides is 1. The quantitative estimate of drug-likeness (QED) is 0.623. The second-order valence-electron chi connectivity index (χ2n) is 3.43. The summed E-state index contributed by atoms with van der Waals surface area (Å²) in [5.41, 5.74) is 7.09. The molecule has 0 fully saturated rings. The van der Waals surface area contributed by atoms with Crippen molar-refractivity contribution in [2.75, 3.05) is 0 Å². The zero-order chi connectivity index (χ0) is 10.6. The zero-order valence-corrected chi connectivity index (χ0v) is 8.50. The Bertz CT molecular complexity index is 308. The van der Waals surface area contributed by atoms with Crippen LogP contribution in [0.5, 0.6) is 0 Å². The van der Waals surface area contributed by atoms with E-state index in [0.717, 1.165) is 11.4 Å². The molecular formula is C9H16N4O. The van der Waals surface area contributed by atoms with Gasteiger partial charge in [-0.3, -0.25) is 4.79 Å². The van der Waals surface area contributed by atoms with Gasteiger partial charge in [0.15, 0.2) is 0 Å². The first-order chi connectivity index (χ1) is 6.59. The maximum atomic E-state index is 10.6. The Morgan fingerprint density at radius 3 is 3.00 bits per heavy atom. The lowest BCUT2D eigenvalue weighted by Crippen LogP contribution is -2.30. The third-order valence-corrected chi connectivity index (χ3v) is 2.06. The van der Waals surface area contributed by atoms with Crippen LogP contribution in [0.1, 0.15) is 24.7 Å². The molecule has 0 radical (unpaired) electrons. The number of aromatic amines is 1. The number of H-pyrrole nitrogens is 1. The van der Waals surface area contributed by atoms with E-state index in [1.807, 2.05) is 13.8 Å². The number of nitrogens with zero attached hydrogens (tertiary/aromatic N) is 1. The van der Waals surface area contributed by atoms with Gasteiger partial charge in [0.25, 0.3) is 0 Å². The molecule has 0 saturated carbocycles. The van der Waals surface area contributed by atoms with E-state index in [2.05, 4.69) is 15.3 Å². The van der Waals surface area contributed by atoms with Crippen molar-refractivity contribution >= 4 is 5.91 Å². The molecule has 14 heavy (non-hydrogen) atoms. The van der Waals surface area contributed by atoms with Gasteiger partial charge in [-0.25, -0.2) is 4.98 Å². The summed E-state index contributed by atoms with van der Waals surface area (Å²) in [6, 6.07) is 0.0867. The average Bonchev–Trinajstić information content (AvgIpc) is 2.46. The fourth-order valence-corrected chi connectivity index (χ4v) is 1.21. The van der Waals surface area contributed by atoms with Crippen molar-refractivity contribution in [3.63, 3.8) is 0 Å². The first kappa shape index (κ1) is 10.7. The van der Waals surface area contributed by atoms with Crippen molar-refractivity contribution in [2.24, 2.45) is 5.73 Å².